The first-order valence-corrected chi connectivity index (χ1v) is 8.58. The van der Waals surface area contributed by atoms with Gasteiger partial charge in [-0.3, -0.25) is 0 Å². The summed E-state index contributed by atoms with van der Waals surface area (Å²) in [6.45, 7) is 1.14. The zero-order valence-corrected chi connectivity index (χ0v) is 12.6. The molecular formula is C17H14NS2+. The lowest BCUT2D eigenvalue weighted by Gasteiger charge is -2.02. The van der Waals surface area contributed by atoms with Crippen molar-refractivity contribution in [3.05, 3.63) is 60.0 Å². The Kier molecular flexibility index (Phi) is 3.09. The minimum absolute atomic E-state index is 1.14. The van der Waals surface area contributed by atoms with Gasteiger partial charge in [0.15, 0.2) is 6.54 Å². The Balaban J connectivity index is 1.71. The van der Waals surface area contributed by atoms with Gasteiger partial charge in [0, 0.05) is 5.56 Å². The molecule has 3 heteroatoms. The van der Waals surface area contributed by atoms with Crippen LogP contribution in [0.3, 0.4) is 0 Å². The summed E-state index contributed by atoms with van der Waals surface area (Å²) in [5.41, 5.74) is 5.22. The molecule has 2 heterocycles. The smallest absolute Gasteiger partial charge is 0.175 e. The number of benzene rings is 2. The van der Waals surface area contributed by atoms with Gasteiger partial charge in [0.05, 0.1) is 11.1 Å². The molecule has 98 valence electrons. The van der Waals surface area contributed by atoms with Gasteiger partial charge in [-0.1, -0.05) is 53.8 Å². The summed E-state index contributed by atoms with van der Waals surface area (Å²) in [4.78, 5) is 0. The van der Waals surface area contributed by atoms with E-state index in [1.54, 1.807) is 0 Å². The molecule has 0 aliphatic carbocycles. The van der Waals surface area contributed by atoms with E-state index < -0.39 is 0 Å². The molecule has 0 N–H and O–H groups in total. The molecule has 1 aliphatic heterocycles. The van der Waals surface area contributed by atoms with Crippen molar-refractivity contribution in [2.24, 2.45) is 0 Å². The molecule has 0 saturated heterocycles. The first kappa shape index (κ1) is 12.2. The van der Waals surface area contributed by atoms with E-state index in [1.165, 1.54) is 32.5 Å². The SMILES string of the molecule is c1ccc(-c2ccc(-c3csc4[n+]3CCS4)cc2)cc1. The van der Waals surface area contributed by atoms with Crippen LogP contribution in [0, 0.1) is 0 Å². The van der Waals surface area contributed by atoms with Gasteiger partial charge in [0.2, 0.25) is 5.69 Å². The van der Waals surface area contributed by atoms with Crippen LogP contribution in [-0.2, 0) is 6.54 Å². The molecule has 20 heavy (non-hydrogen) atoms. The maximum absolute atomic E-state index is 2.44. The zero-order chi connectivity index (χ0) is 13.4. The highest BCUT2D eigenvalue weighted by atomic mass is 32.2. The summed E-state index contributed by atoms with van der Waals surface area (Å²) in [5.74, 6) is 1.21. The first-order valence-electron chi connectivity index (χ1n) is 6.72. The lowest BCUT2D eigenvalue weighted by Crippen LogP contribution is -2.32. The van der Waals surface area contributed by atoms with Gasteiger partial charge < -0.3 is 0 Å². The van der Waals surface area contributed by atoms with Crippen molar-refractivity contribution < 1.29 is 4.57 Å². The number of hydrogen-bond donors (Lipinski definition) is 0. The van der Waals surface area contributed by atoms with Crippen LogP contribution in [0.25, 0.3) is 22.4 Å². The molecule has 4 rings (SSSR count). The number of rotatable bonds is 2. The Labute approximate surface area is 126 Å². The number of thioether (sulfide) groups is 1. The molecule has 1 aromatic heterocycles. The van der Waals surface area contributed by atoms with Crippen molar-refractivity contribution in [2.75, 3.05) is 5.75 Å². The van der Waals surface area contributed by atoms with Gasteiger partial charge in [0.25, 0.3) is 4.34 Å². The van der Waals surface area contributed by atoms with Gasteiger partial charge in [0.1, 0.15) is 0 Å². The lowest BCUT2D eigenvalue weighted by atomic mass is 10.0. The largest absolute Gasteiger partial charge is 0.298 e. The van der Waals surface area contributed by atoms with E-state index in [2.05, 4.69) is 64.5 Å². The standard InChI is InChI=1S/C17H14NS2/c1-2-4-13(5-3-1)14-6-8-15(9-7-14)16-12-20-17-18(16)10-11-19-17/h1-9,12H,10-11H2/q+1. The summed E-state index contributed by atoms with van der Waals surface area (Å²) in [6.07, 6.45) is 0. The third-order valence-electron chi connectivity index (χ3n) is 3.61. The van der Waals surface area contributed by atoms with Crippen LogP contribution in [0.5, 0.6) is 0 Å². The van der Waals surface area contributed by atoms with Crippen LogP contribution in [0.2, 0.25) is 0 Å². The fourth-order valence-corrected chi connectivity index (χ4v) is 4.82. The van der Waals surface area contributed by atoms with E-state index in [-0.39, 0.29) is 0 Å². The van der Waals surface area contributed by atoms with E-state index in [0.29, 0.717) is 0 Å². The second-order valence-corrected chi connectivity index (χ2v) is 7.03. The van der Waals surface area contributed by atoms with Crippen molar-refractivity contribution in [2.45, 2.75) is 10.9 Å². The Morgan fingerprint density at radius 2 is 1.50 bits per heavy atom. The maximum Gasteiger partial charge on any atom is 0.298 e. The molecule has 0 atom stereocenters. The average molecular weight is 296 g/mol. The average Bonchev–Trinajstić information content (AvgIpc) is 3.11. The molecule has 0 radical (unpaired) electrons. The van der Waals surface area contributed by atoms with E-state index in [9.17, 15) is 0 Å². The minimum Gasteiger partial charge on any atom is -0.175 e. The van der Waals surface area contributed by atoms with Crippen molar-refractivity contribution in [1.82, 2.24) is 0 Å². The monoisotopic (exact) mass is 296 g/mol. The van der Waals surface area contributed by atoms with Crippen LogP contribution >= 0.6 is 23.1 Å². The highest BCUT2D eigenvalue weighted by Gasteiger charge is 2.27. The summed E-state index contributed by atoms with van der Waals surface area (Å²) in [5, 5.41) is 2.28. The fourth-order valence-electron chi connectivity index (χ4n) is 2.57. The molecule has 0 bridgehead atoms. The summed E-state index contributed by atoms with van der Waals surface area (Å²) < 4.78 is 3.87. The molecular weight excluding hydrogens is 282 g/mol. The first-order chi connectivity index (χ1) is 9.92. The number of nitrogens with zero attached hydrogens (tertiary/aromatic N) is 1. The Morgan fingerprint density at radius 1 is 0.800 bits per heavy atom. The molecule has 0 amide bonds. The Morgan fingerprint density at radius 3 is 2.30 bits per heavy atom. The van der Waals surface area contributed by atoms with Crippen LogP contribution in [0.15, 0.2) is 64.3 Å². The van der Waals surface area contributed by atoms with Gasteiger partial charge in [-0.15, -0.1) is 0 Å². The lowest BCUT2D eigenvalue weighted by molar-refractivity contribution is -0.706. The number of fused-ring (bicyclic) bond motifs is 1. The molecule has 0 saturated carbocycles. The van der Waals surface area contributed by atoms with E-state index in [4.69, 9.17) is 0 Å². The topological polar surface area (TPSA) is 3.88 Å². The zero-order valence-electron chi connectivity index (χ0n) is 11.0. The summed E-state index contributed by atoms with van der Waals surface area (Å²) in [7, 11) is 0. The third kappa shape index (κ3) is 2.07. The summed E-state index contributed by atoms with van der Waals surface area (Å²) >= 11 is 3.82. The third-order valence-corrected chi connectivity index (χ3v) is 5.87. The van der Waals surface area contributed by atoms with Gasteiger partial charge in [-0.05, 0) is 35.0 Å². The normalized spacial score (nSPS) is 13.4. The molecule has 1 aliphatic rings. The second kappa shape index (κ2) is 5.08. The second-order valence-electron chi connectivity index (χ2n) is 4.83. The number of hydrogen-bond acceptors (Lipinski definition) is 2. The van der Waals surface area contributed by atoms with E-state index >= 15 is 0 Å². The molecule has 2 aromatic carbocycles. The Bertz CT molecular complexity index is 729. The maximum atomic E-state index is 2.44. The van der Waals surface area contributed by atoms with Gasteiger partial charge >= 0.3 is 0 Å². The van der Waals surface area contributed by atoms with Gasteiger partial charge in [-0.2, -0.15) is 4.57 Å². The predicted octanol–water partition coefficient (Wildman–Crippen LogP) is 4.48. The van der Waals surface area contributed by atoms with Crippen LogP contribution in [0.1, 0.15) is 0 Å². The highest BCUT2D eigenvalue weighted by Crippen LogP contribution is 2.31. The summed E-state index contributed by atoms with van der Waals surface area (Å²) in [6, 6.07) is 19.5. The molecule has 1 nitrogen and oxygen atoms in total. The van der Waals surface area contributed by atoms with E-state index in [1.807, 2.05) is 23.1 Å². The highest BCUT2D eigenvalue weighted by molar-refractivity contribution is 8.01. The molecule has 0 fully saturated rings. The fraction of sp³-hybridized carbons (Fsp3) is 0.118. The number of thiazole rings is 1. The van der Waals surface area contributed by atoms with Gasteiger partial charge in [-0.25, -0.2) is 0 Å². The number of aromatic nitrogens is 1. The van der Waals surface area contributed by atoms with Crippen molar-refractivity contribution >= 4 is 23.1 Å². The minimum atomic E-state index is 1.14. The van der Waals surface area contributed by atoms with Crippen LogP contribution in [-0.4, -0.2) is 5.75 Å². The van der Waals surface area contributed by atoms with Crippen LogP contribution < -0.4 is 4.57 Å². The van der Waals surface area contributed by atoms with Crippen molar-refractivity contribution in [3.63, 3.8) is 0 Å². The molecule has 0 spiro atoms. The van der Waals surface area contributed by atoms with Crippen molar-refractivity contribution in [3.8, 4) is 22.4 Å². The van der Waals surface area contributed by atoms with E-state index in [0.717, 1.165) is 6.54 Å². The van der Waals surface area contributed by atoms with Crippen LogP contribution in [0.4, 0.5) is 0 Å². The quantitative estimate of drug-likeness (QED) is 0.631. The molecule has 0 unspecified atom stereocenters. The Hall–Kier alpha value is -1.58. The molecule has 3 aromatic rings. The predicted molar refractivity (Wildman–Crippen MR) is 86.1 cm³/mol. The van der Waals surface area contributed by atoms with Crippen molar-refractivity contribution in [1.29, 1.82) is 0 Å².